The molecule has 0 heterocycles. The number of hydrogen-bond acceptors (Lipinski definition) is 2. The van der Waals surface area contributed by atoms with Crippen LogP contribution < -0.4 is 0 Å². The minimum absolute atomic E-state index is 0.151. The number of hydrogen-bond donors (Lipinski definition) is 0. The predicted molar refractivity (Wildman–Crippen MR) is 54.8 cm³/mol. The van der Waals surface area contributed by atoms with E-state index in [1.165, 1.54) is 0 Å². The minimum Gasteiger partial charge on any atom is -0.349 e. The summed E-state index contributed by atoms with van der Waals surface area (Å²) in [4.78, 5) is 0. The van der Waals surface area contributed by atoms with Crippen LogP contribution in [0.3, 0.4) is 0 Å². The van der Waals surface area contributed by atoms with Gasteiger partial charge in [-0.25, -0.2) is 0 Å². The van der Waals surface area contributed by atoms with Gasteiger partial charge in [0.1, 0.15) is 0 Å². The highest BCUT2D eigenvalue weighted by Gasteiger charge is 2.08. The molecule has 11 heavy (non-hydrogen) atoms. The van der Waals surface area contributed by atoms with E-state index in [0.717, 1.165) is 5.57 Å². The van der Waals surface area contributed by atoms with E-state index in [0.29, 0.717) is 13.2 Å². The van der Waals surface area contributed by atoms with Crippen molar-refractivity contribution < 1.29 is 9.47 Å². The lowest BCUT2D eigenvalue weighted by Crippen LogP contribution is -2.18. The van der Waals surface area contributed by atoms with Gasteiger partial charge in [-0.2, -0.15) is 0 Å². The van der Waals surface area contributed by atoms with E-state index in [-0.39, 0.29) is 6.29 Å². The molecule has 0 aromatic rings. The van der Waals surface area contributed by atoms with Crippen LogP contribution in [0.15, 0.2) is 9.66 Å². The van der Waals surface area contributed by atoms with E-state index in [1.807, 2.05) is 24.9 Å². The highest BCUT2D eigenvalue weighted by atomic mass is 127. The first kappa shape index (κ1) is 11.4. The van der Waals surface area contributed by atoms with Crippen LogP contribution in [0, 0.1) is 0 Å². The molecule has 0 aliphatic rings. The van der Waals surface area contributed by atoms with Gasteiger partial charge in [0.05, 0.1) is 0 Å². The van der Waals surface area contributed by atoms with Crippen LogP contribution in [-0.4, -0.2) is 19.5 Å². The highest BCUT2D eigenvalue weighted by molar-refractivity contribution is 14.1. The zero-order valence-electron chi connectivity index (χ0n) is 7.26. The van der Waals surface area contributed by atoms with Gasteiger partial charge in [0.15, 0.2) is 6.29 Å². The molecule has 3 heteroatoms. The molecule has 0 atom stereocenters. The van der Waals surface area contributed by atoms with Crippen LogP contribution >= 0.6 is 22.6 Å². The van der Waals surface area contributed by atoms with Gasteiger partial charge >= 0.3 is 0 Å². The van der Waals surface area contributed by atoms with Crippen LogP contribution in [0.4, 0.5) is 0 Å². The summed E-state index contributed by atoms with van der Waals surface area (Å²) < 4.78 is 12.7. The molecule has 66 valence electrons. The maximum Gasteiger partial charge on any atom is 0.180 e. The number of rotatable bonds is 5. The maximum atomic E-state index is 5.34. The fourth-order valence-electron chi connectivity index (χ4n) is 0.665. The Kier molecular flexibility index (Phi) is 7.31. The summed E-state index contributed by atoms with van der Waals surface area (Å²) in [6.45, 7) is 7.31. The van der Waals surface area contributed by atoms with Crippen molar-refractivity contribution in [3.63, 3.8) is 0 Å². The molecule has 0 amide bonds. The molecular formula is C8H15IO2. The SMILES string of the molecule is CCOC(OCC)C(C)=CI. The van der Waals surface area contributed by atoms with Crippen LogP contribution in [0.2, 0.25) is 0 Å². The van der Waals surface area contributed by atoms with E-state index in [4.69, 9.17) is 9.47 Å². The van der Waals surface area contributed by atoms with Crippen molar-refractivity contribution in [2.24, 2.45) is 0 Å². The molecule has 0 saturated heterocycles. The molecule has 0 rings (SSSR count). The monoisotopic (exact) mass is 270 g/mol. The lowest BCUT2D eigenvalue weighted by Gasteiger charge is -2.16. The summed E-state index contributed by atoms with van der Waals surface area (Å²) in [6, 6.07) is 0. The van der Waals surface area contributed by atoms with Crippen LogP contribution in [0.25, 0.3) is 0 Å². The maximum absolute atomic E-state index is 5.34. The van der Waals surface area contributed by atoms with Crippen molar-refractivity contribution in [2.45, 2.75) is 27.1 Å². The van der Waals surface area contributed by atoms with Crippen LogP contribution in [-0.2, 0) is 9.47 Å². The van der Waals surface area contributed by atoms with Gasteiger partial charge in [0.25, 0.3) is 0 Å². The first-order valence-electron chi connectivity index (χ1n) is 3.76. The Balaban J connectivity index is 3.87. The Morgan fingerprint density at radius 3 is 2.09 bits per heavy atom. The number of halogens is 1. The molecular weight excluding hydrogens is 255 g/mol. The van der Waals surface area contributed by atoms with Crippen LogP contribution in [0.1, 0.15) is 20.8 Å². The summed E-state index contributed by atoms with van der Waals surface area (Å²) in [6.07, 6.45) is -0.151. The molecule has 0 spiro atoms. The van der Waals surface area contributed by atoms with Crippen molar-refractivity contribution in [2.75, 3.05) is 13.2 Å². The molecule has 0 saturated carbocycles. The second-order valence-electron chi connectivity index (χ2n) is 2.10. The molecule has 2 nitrogen and oxygen atoms in total. The zero-order chi connectivity index (χ0) is 8.69. The fraction of sp³-hybridized carbons (Fsp3) is 0.750. The third kappa shape index (κ3) is 4.76. The molecule has 0 aliphatic carbocycles. The lowest BCUT2D eigenvalue weighted by molar-refractivity contribution is -0.111. The standard InChI is InChI=1S/C8H15IO2/c1-4-10-8(11-5-2)7(3)6-9/h6,8H,4-5H2,1-3H3. The summed E-state index contributed by atoms with van der Waals surface area (Å²) in [5.74, 6) is 0. The number of ether oxygens (including phenoxy) is 2. The Hall–Kier alpha value is 0.390. The Bertz CT molecular complexity index is 117. The second kappa shape index (κ2) is 7.06. The first-order valence-corrected chi connectivity index (χ1v) is 5.00. The Labute approximate surface area is 82.1 Å². The lowest BCUT2D eigenvalue weighted by atomic mass is 10.3. The van der Waals surface area contributed by atoms with Gasteiger partial charge < -0.3 is 9.47 Å². The molecule has 0 N–H and O–H groups in total. The van der Waals surface area contributed by atoms with Gasteiger partial charge in [-0.15, -0.1) is 0 Å². The molecule has 0 aliphatic heterocycles. The third-order valence-electron chi connectivity index (χ3n) is 1.18. The fourth-order valence-corrected chi connectivity index (χ4v) is 0.959. The van der Waals surface area contributed by atoms with Gasteiger partial charge in [0, 0.05) is 13.2 Å². The average molecular weight is 270 g/mol. The largest absolute Gasteiger partial charge is 0.349 e. The quantitative estimate of drug-likeness (QED) is 0.565. The molecule has 0 fully saturated rings. The van der Waals surface area contributed by atoms with Crippen molar-refractivity contribution in [3.8, 4) is 0 Å². The van der Waals surface area contributed by atoms with Crippen molar-refractivity contribution in [1.29, 1.82) is 0 Å². The smallest absolute Gasteiger partial charge is 0.180 e. The summed E-state index contributed by atoms with van der Waals surface area (Å²) in [5, 5.41) is 0. The highest BCUT2D eigenvalue weighted by Crippen LogP contribution is 2.09. The van der Waals surface area contributed by atoms with E-state index in [1.54, 1.807) is 0 Å². The second-order valence-corrected chi connectivity index (χ2v) is 2.72. The minimum atomic E-state index is -0.151. The van der Waals surface area contributed by atoms with E-state index in [9.17, 15) is 0 Å². The van der Waals surface area contributed by atoms with E-state index in [2.05, 4.69) is 22.6 Å². The average Bonchev–Trinajstić information content (AvgIpc) is 2.03. The Morgan fingerprint density at radius 2 is 1.82 bits per heavy atom. The molecule has 0 unspecified atom stereocenters. The predicted octanol–water partition coefficient (Wildman–Crippen LogP) is 2.72. The van der Waals surface area contributed by atoms with Gasteiger partial charge in [-0.05, 0) is 30.4 Å². The topological polar surface area (TPSA) is 18.5 Å². The summed E-state index contributed by atoms with van der Waals surface area (Å²) in [7, 11) is 0. The molecule has 0 radical (unpaired) electrons. The van der Waals surface area contributed by atoms with Crippen molar-refractivity contribution >= 4 is 22.6 Å². The summed E-state index contributed by atoms with van der Waals surface area (Å²) >= 11 is 2.19. The van der Waals surface area contributed by atoms with E-state index < -0.39 is 0 Å². The van der Waals surface area contributed by atoms with Gasteiger partial charge in [-0.1, -0.05) is 22.6 Å². The van der Waals surface area contributed by atoms with Gasteiger partial charge in [0.2, 0.25) is 0 Å². The first-order chi connectivity index (χ1) is 5.26. The molecule has 0 aromatic carbocycles. The van der Waals surface area contributed by atoms with Crippen molar-refractivity contribution in [1.82, 2.24) is 0 Å². The normalized spacial score (nSPS) is 12.6. The molecule has 0 aromatic heterocycles. The summed E-state index contributed by atoms with van der Waals surface area (Å²) in [5.41, 5.74) is 1.12. The Morgan fingerprint density at radius 1 is 1.36 bits per heavy atom. The van der Waals surface area contributed by atoms with Crippen LogP contribution in [0.5, 0.6) is 0 Å². The van der Waals surface area contributed by atoms with Gasteiger partial charge in [-0.3, -0.25) is 0 Å². The third-order valence-corrected chi connectivity index (χ3v) is 2.16. The van der Waals surface area contributed by atoms with E-state index >= 15 is 0 Å². The zero-order valence-corrected chi connectivity index (χ0v) is 9.42. The molecule has 0 bridgehead atoms. The van der Waals surface area contributed by atoms with Crippen molar-refractivity contribution in [3.05, 3.63) is 9.66 Å².